The molecule has 2 heterocycles. The van der Waals surface area contributed by atoms with Crippen LogP contribution < -0.4 is 24.3 Å². The molecule has 35 heavy (non-hydrogen) atoms. The summed E-state index contributed by atoms with van der Waals surface area (Å²) in [6.07, 6.45) is 4.17. The second-order valence-electron chi connectivity index (χ2n) is 7.90. The molecular formula is C25H27ClN4O5. The highest BCUT2D eigenvalue weighted by atomic mass is 35.5. The highest BCUT2D eigenvalue weighted by molar-refractivity contribution is 6.32. The van der Waals surface area contributed by atoms with Crippen molar-refractivity contribution in [1.29, 1.82) is 0 Å². The van der Waals surface area contributed by atoms with Crippen LogP contribution in [0.3, 0.4) is 0 Å². The van der Waals surface area contributed by atoms with E-state index >= 15 is 0 Å². The van der Waals surface area contributed by atoms with E-state index in [1.54, 1.807) is 38.4 Å². The second kappa shape index (κ2) is 10.7. The first-order valence-corrected chi connectivity index (χ1v) is 11.4. The van der Waals surface area contributed by atoms with Gasteiger partial charge in [0.15, 0.2) is 11.5 Å². The van der Waals surface area contributed by atoms with E-state index in [1.807, 2.05) is 12.1 Å². The Morgan fingerprint density at radius 2 is 1.74 bits per heavy atom. The number of hydrogen-bond acceptors (Lipinski definition) is 8. The fourth-order valence-electron chi connectivity index (χ4n) is 4.00. The molecular weight excluding hydrogens is 472 g/mol. The molecule has 1 amide bonds. The first-order chi connectivity index (χ1) is 17.0. The molecule has 0 spiro atoms. The van der Waals surface area contributed by atoms with Crippen LogP contribution in [-0.4, -0.2) is 61.3 Å². The van der Waals surface area contributed by atoms with Gasteiger partial charge in [0.05, 0.1) is 37.6 Å². The van der Waals surface area contributed by atoms with Crippen LogP contribution in [0, 0.1) is 0 Å². The van der Waals surface area contributed by atoms with Crippen molar-refractivity contribution in [3.63, 3.8) is 0 Å². The highest BCUT2D eigenvalue weighted by Crippen LogP contribution is 2.40. The van der Waals surface area contributed by atoms with E-state index in [0.29, 0.717) is 71.0 Å². The van der Waals surface area contributed by atoms with Gasteiger partial charge in [0, 0.05) is 49.5 Å². The van der Waals surface area contributed by atoms with Crippen molar-refractivity contribution >= 4 is 39.9 Å². The minimum Gasteiger partial charge on any atom is -0.495 e. The van der Waals surface area contributed by atoms with Gasteiger partial charge in [-0.15, -0.1) is 0 Å². The number of nitrogens with one attached hydrogen (secondary N) is 1. The van der Waals surface area contributed by atoms with Crippen molar-refractivity contribution in [1.82, 2.24) is 14.9 Å². The molecule has 1 aromatic heterocycles. The Balaban J connectivity index is 1.65. The van der Waals surface area contributed by atoms with Gasteiger partial charge < -0.3 is 29.2 Å². The summed E-state index contributed by atoms with van der Waals surface area (Å²) in [5, 5.41) is 4.47. The maximum Gasteiger partial charge on any atom is 0.245 e. The summed E-state index contributed by atoms with van der Waals surface area (Å²) in [6.45, 7) is 4.78. The van der Waals surface area contributed by atoms with Crippen molar-refractivity contribution in [2.75, 3.05) is 39.7 Å². The minimum absolute atomic E-state index is 0.0584. The molecule has 2 aromatic carbocycles. The van der Waals surface area contributed by atoms with Gasteiger partial charge in [0.2, 0.25) is 5.91 Å². The maximum absolute atomic E-state index is 11.9. The Labute approximate surface area is 208 Å². The average molecular weight is 499 g/mol. The standard InChI is InChI=1S/C25H27ClN4O5/c1-5-24(31)30-8-6-15(7-9-30)35-23-10-16-18(12-22(23)34-4)27-14-28-25(16)29-19-13-20(32-2)17(26)11-21(19)33-3/h5,10-15H,1,6-9H2,2-4H3,(H,27,28,29). The van der Waals surface area contributed by atoms with Gasteiger partial charge in [0.25, 0.3) is 0 Å². The van der Waals surface area contributed by atoms with Crippen molar-refractivity contribution < 1.29 is 23.7 Å². The fourth-order valence-corrected chi connectivity index (χ4v) is 4.23. The van der Waals surface area contributed by atoms with E-state index in [2.05, 4.69) is 21.9 Å². The Bertz CT molecular complexity index is 1240. The molecule has 10 heteroatoms. The van der Waals surface area contributed by atoms with E-state index < -0.39 is 0 Å². The summed E-state index contributed by atoms with van der Waals surface area (Å²) < 4.78 is 22.7. The molecule has 1 fully saturated rings. The van der Waals surface area contributed by atoms with Gasteiger partial charge in [-0.25, -0.2) is 9.97 Å². The number of anilines is 2. The summed E-state index contributed by atoms with van der Waals surface area (Å²) in [4.78, 5) is 22.5. The van der Waals surface area contributed by atoms with E-state index in [1.165, 1.54) is 12.4 Å². The number of rotatable bonds is 8. The number of nitrogens with zero attached hydrogens (tertiary/aromatic N) is 3. The average Bonchev–Trinajstić information content (AvgIpc) is 2.89. The van der Waals surface area contributed by atoms with Crippen LogP contribution >= 0.6 is 11.6 Å². The summed E-state index contributed by atoms with van der Waals surface area (Å²) in [7, 11) is 4.70. The molecule has 0 bridgehead atoms. The number of fused-ring (bicyclic) bond motifs is 1. The van der Waals surface area contributed by atoms with Gasteiger partial charge >= 0.3 is 0 Å². The molecule has 0 aliphatic carbocycles. The van der Waals surface area contributed by atoms with E-state index in [-0.39, 0.29) is 12.0 Å². The van der Waals surface area contributed by atoms with Gasteiger partial charge in [0.1, 0.15) is 29.7 Å². The SMILES string of the molecule is C=CC(=O)N1CCC(Oc2cc3c(Nc4cc(OC)c(Cl)cc4OC)ncnc3cc2OC)CC1. The van der Waals surface area contributed by atoms with Gasteiger partial charge in [-0.3, -0.25) is 4.79 Å². The van der Waals surface area contributed by atoms with Crippen molar-refractivity contribution in [3.8, 4) is 23.0 Å². The first kappa shape index (κ1) is 24.4. The van der Waals surface area contributed by atoms with Crippen LogP contribution in [0.1, 0.15) is 12.8 Å². The van der Waals surface area contributed by atoms with Crippen LogP contribution in [0.2, 0.25) is 5.02 Å². The Morgan fingerprint density at radius 3 is 2.40 bits per heavy atom. The smallest absolute Gasteiger partial charge is 0.245 e. The number of benzene rings is 2. The van der Waals surface area contributed by atoms with Crippen molar-refractivity contribution in [3.05, 3.63) is 48.3 Å². The maximum atomic E-state index is 11.9. The number of aromatic nitrogens is 2. The van der Waals surface area contributed by atoms with Crippen molar-refractivity contribution in [2.45, 2.75) is 18.9 Å². The Kier molecular flexibility index (Phi) is 7.45. The van der Waals surface area contributed by atoms with Crippen LogP contribution in [0.5, 0.6) is 23.0 Å². The van der Waals surface area contributed by atoms with Crippen LogP contribution in [-0.2, 0) is 4.79 Å². The predicted octanol–water partition coefficient (Wildman–Crippen LogP) is 4.61. The molecule has 0 radical (unpaired) electrons. The lowest BCUT2D eigenvalue weighted by Gasteiger charge is -2.31. The number of carbonyl (C=O) groups excluding carboxylic acids is 1. The number of piperidine rings is 1. The number of amides is 1. The normalized spacial score (nSPS) is 13.9. The zero-order chi connectivity index (χ0) is 24.9. The molecule has 9 nitrogen and oxygen atoms in total. The monoisotopic (exact) mass is 498 g/mol. The zero-order valence-corrected chi connectivity index (χ0v) is 20.6. The van der Waals surface area contributed by atoms with Crippen LogP contribution in [0.25, 0.3) is 10.9 Å². The van der Waals surface area contributed by atoms with Crippen LogP contribution in [0.4, 0.5) is 11.5 Å². The quantitative estimate of drug-likeness (QED) is 0.450. The minimum atomic E-state index is -0.0612. The Morgan fingerprint density at radius 1 is 1.03 bits per heavy atom. The molecule has 1 N–H and O–H groups in total. The number of carbonyl (C=O) groups is 1. The summed E-state index contributed by atoms with van der Waals surface area (Å²) in [6, 6.07) is 7.09. The van der Waals surface area contributed by atoms with Gasteiger partial charge in [-0.2, -0.15) is 0 Å². The molecule has 1 saturated heterocycles. The number of ether oxygens (including phenoxy) is 4. The molecule has 0 unspecified atom stereocenters. The summed E-state index contributed by atoms with van der Waals surface area (Å²) >= 11 is 6.24. The first-order valence-electron chi connectivity index (χ1n) is 11.1. The summed E-state index contributed by atoms with van der Waals surface area (Å²) in [5.74, 6) is 2.67. The number of hydrogen-bond donors (Lipinski definition) is 1. The highest BCUT2D eigenvalue weighted by Gasteiger charge is 2.24. The number of halogens is 1. The van der Waals surface area contributed by atoms with E-state index in [9.17, 15) is 4.79 Å². The lowest BCUT2D eigenvalue weighted by atomic mass is 10.1. The fraction of sp³-hybridized carbons (Fsp3) is 0.320. The third kappa shape index (κ3) is 5.19. The van der Waals surface area contributed by atoms with Crippen molar-refractivity contribution in [2.24, 2.45) is 0 Å². The molecule has 0 atom stereocenters. The lowest BCUT2D eigenvalue weighted by Crippen LogP contribution is -2.41. The number of methoxy groups -OCH3 is 3. The predicted molar refractivity (Wildman–Crippen MR) is 134 cm³/mol. The summed E-state index contributed by atoms with van der Waals surface area (Å²) in [5.41, 5.74) is 1.31. The van der Waals surface area contributed by atoms with Gasteiger partial charge in [-0.1, -0.05) is 18.2 Å². The molecule has 1 aliphatic rings. The molecule has 4 rings (SSSR count). The third-order valence-electron chi connectivity index (χ3n) is 5.87. The zero-order valence-electron chi connectivity index (χ0n) is 19.8. The number of likely N-dealkylation sites (tertiary alicyclic amines) is 1. The largest absolute Gasteiger partial charge is 0.495 e. The Hall–Kier alpha value is -3.72. The molecule has 0 saturated carbocycles. The molecule has 184 valence electrons. The molecule has 3 aromatic rings. The van der Waals surface area contributed by atoms with E-state index in [4.69, 9.17) is 30.5 Å². The lowest BCUT2D eigenvalue weighted by molar-refractivity contribution is -0.127. The van der Waals surface area contributed by atoms with E-state index in [0.717, 1.165) is 5.39 Å². The second-order valence-corrected chi connectivity index (χ2v) is 8.31. The third-order valence-corrected chi connectivity index (χ3v) is 6.17. The molecule has 1 aliphatic heterocycles. The van der Waals surface area contributed by atoms with Gasteiger partial charge in [-0.05, 0) is 12.1 Å². The topological polar surface area (TPSA) is 95.0 Å². The van der Waals surface area contributed by atoms with Crippen LogP contribution in [0.15, 0.2) is 43.2 Å².